The van der Waals surface area contributed by atoms with Crippen LogP contribution < -0.4 is 5.19 Å². The lowest BCUT2D eigenvalue weighted by Gasteiger charge is -2.38. The molecular formula is C19H23Si. The van der Waals surface area contributed by atoms with Crippen LogP contribution in [0.4, 0.5) is 0 Å². The molecule has 0 bridgehead atoms. The number of hydrogen-bond acceptors (Lipinski definition) is 0. The van der Waals surface area contributed by atoms with E-state index in [1.165, 1.54) is 22.3 Å². The average Bonchev–Trinajstić information content (AvgIpc) is 2.75. The summed E-state index contributed by atoms with van der Waals surface area (Å²) < 4.78 is 0. The van der Waals surface area contributed by atoms with E-state index in [2.05, 4.69) is 82.8 Å². The second-order valence-electron chi connectivity index (χ2n) is 7.37. The van der Waals surface area contributed by atoms with Gasteiger partial charge in [-0.15, -0.1) is 0 Å². The first-order valence-electron chi connectivity index (χ1n) is 7.40. The molecule has 1 heteroatoms. The zero-order valence-corrected chi connectivity index (χ0v) is 14.1. The molecule has 0 unspecified atom stereocenters. The topological polar surface area (TPSA) is 0 Å². The van der Waals surface area contributed by atoms with Gasteiger partial charge in [0, 0.05) is 6.42 Å². The molecular weight excluding hydrogens is 256 g/mol. The van der Waals surface area contributed by atoms with Crippen LogP contribution in [0.5, 0.6) is 0 Å². The van der Waals surface area contributed by atoms with E-state index in [4.69, 9.17) is 0 Å². The Labute approximate surface area is 123 Å². The van der Waals surface area contributed by atoms with Crippen LogP contribution in [0.2, 0.25) is 18.1 Å². The van der Waals surface area contributed by atoms with Crippen LogP contribution in [-0.2, 0) is 0 Å². The van der Waals surface area contributed by atoms with Crippen molar-refractivity contribution in [3.8, 4) is 11.1 Å². The fourth-order valence-electron chi connectivity index (χ4n) is 2.93. The predicted molar refractivity (Wildman–Crippen MR) is 91.2 cm³/mol. The minimum Gasteiger partial charge on any atom is -0.0650 e. The van der Waals surface area contributed by atoms with Gasteiger partial charge in [-0.1, -0.05) is 81.5 Å². The smallest absolute Gasteiger partial charge is 0.0650 e. The Bertz CT molecular complexity index is 660. The van der Waals surface area contributed by atoms with Crippen molar-refractivity contribution in [2.24, 2.45) is 0 Å². The third-order valence-corrected chi connectivity index (χ3v) is 10.7. The van der Waals surface area contributed by atoms with Gasteiger partial charge in [0.15, 0.2) is 0 Å². The van der Waals surface area contributed by atoms with Gasteiger partial charge < -0.3 is 0 Å². The van der Waals surface area contributed by atoms with Crippen molar-refractivity contribution in [3.63, 3.8) is 0 Å². The molecule has 0 atom stereocenters. The largest absolute Gasteiger partial charge is 0.0863 e. The van der Waals surface area contributed by atoms with E-state index in [1.54, 1.807) is 5.19 Å². The minimum absolute atomic E-state index is 0.366. The number of hydrogen-bond donors (Lipinski definition) is 0. The van der Waals surface area contributed by atoms with Crippen LogP contribution in [-0.4, -0.2) is 8.07 Å². The molecule has 1 aliphatic rings. The summed E-state index contributed by atoms with van der Waals surface area (Å²) in [6.07, 6.45) is 2.39. The molecule has 0 saturated carbocycles. The van der Waals surface area contributed by atoms with Crippen LogP contribution in [0.15, 0.2) is 42.5 Å². The number of benzene rings is 2. The molecule has 103 valence electrons. The van der Waals surface area contributed by atoms with Crippen molar-refractivity contribution in [2.45, 2.75) is 38.9 Å². The van der Waals surface area contributed by atoms with Crippen molar-refractivity contribution in [3.05, 3.63) is 60.0 Å². The van der Waals surface area contributed by atoms with Crippen molar-refractivity contribution in [1.82, 2.24) is 0 Å². The zero-order chi connectivity index (χ0) is 14.5. The van der Waals surface area contributed by atoms with Crippen molar-refractivity contribution < 1.29 is 0 Å². The predicted octanol–water partition coefficient (Wildman–Crippen LogP) is 4.98. The molecule has 0 N–H and O–H groups in total. The monoisotopic (exact) mass is 279 g/mol. The molecule has 1 aliphatic carbocycles. The molecule has 0 fully saturated rings. The molecule has 3 rings (SSSR count). The lowest BCUT2D eigenvalue weighted by atomic mass is 10.1. The summed E-state index contributed by atoms with van der Waals surface area (Å²) in [5.74, 6) is 0. The lowest BCUT2D eigenvalue weighted by Crippen LogP contribution is -2.50. The SMILES string of the molecule is CC(C)(C)[Si](C)(C)c1cccc2c1[CH]c1ccccc1-2. The second kappa shape index (κ2) is 4.32. The highest BCUT2D eigenvalue weighted by Crippen LogP contribution is 2.41. The summed E-state index contributed by atoms with van der Waals surface area (Å²) in [6, 6.07) is 15.6. The molecule has 0 nitrogen and oxygen atoms in total. The van der Waals surface area contributed by atoms with Crippen molar-refractivity contribution >= 4 is 13.3 Å². The first kappa shape index (κ1) is 13.6. The first-order valence-corrected chi connectivity index (χ1v) is 10.4. The van der Waals surface area contributed by atoms with Gasteiger partial charge in [-0.3, -0.25) is 0 Å². The zero-order valence-electron chi connectivity index (χ0n) is 13.1. The molecule has 1 radical (unpaired) electrons. The van der Waals surface area contributed by atoms with E-state index in [9.17, 15) is 0 Å². The Balaban J connectivity index is 2.20. The van der Waals surface area contributed by atoms with Crippen molar-refractivity contribution in [1.29, 1.82) is 0 Å². The summed E-state index contributed by atoms with van der Waals surface area (Å²) in [5, 5.41) is 1.96. The van der Waals surface area contributed by atoms with E-state index >= 15 is 0 Å². The Kier molecular flexibility index (Phi) is 2.95. The molecule has 0 spiro atoms. The van der Waals surface area contributed by atoms with Gasteiger partial charge in [-0.2, -0.15) is 0 Å². The van der Waals surface area contributed by atoms with Gasteiger partial charge in [0.25, 0.3) is 0 Å². The molecule has 2 aromatic carbocycles. The number of rotatable bonds is 1. The van der Waals surface area contributed by atoms with Crippen LogP contribution in [0.1, 0.15) is 31.9 Å². The van der Waals surface area contributed by atoms with Gasteiger partial charge in [0.05, 0.1) is 8.07 Å². The summed E-state index contributed by atoms with van der Waals surface area (Å²) in [5.41, 5.74) is 5.65. The molecule has 0 saturated heterocycles. The Morgan fingerprint density at radius 3 is 2.15 bits per heavy atom. The maximum Gasteiger partial charge on any atom is 0.0863 e. The van der Waals surface area contributed by atoms with E-state index in [-0.39, 0.29) is 0 Å². The second-order valence-corrected chi connectivity index (χ2v) is 12.7. The fourth-order valence-corrected chi connectivity index (χ4v) is 5.13. The Morgan fingerprint density at radius 1 is 0.800 bits per heavy atom. The number of fused-ring (bicyclic) bond motifs is 3. The van der Waals surface area contributed by atoms with Crippen LogP contribution in [0.3, 0.4) is 0 Å². The highest BCUT2D eigenvalue weighted by Gasteiger charge is 2.39. The normalized spacial score (nSPS) is 14.1. The lowest BCUT2D eigenvalue weighted by molar-refractivity contribution is 0.729. The van der Waals surface area contributed by atoms with Gasteiger partial charge >= 0.3 is 0 Å². The average molecular weight is 279 g/mol. The highest BCUT2D eigenvalue weighted by molar-refractivity contribution is 6.92. The van der Waals surface area contributed by atoms with E-state index < -0.39 is 8.07 Å². The summed E-state index contributed by atoms with van der Waals surface area (Å²) >= 11 is 0. The van der Waals surface area contributed by atoms with E-state index in [0.29, 0.717) is 5.04 Å². The minimum atomic E-state index is -1.51. The fraction of sp³-hybridized carbons (Fsp3) is 0.316. The van der Waals surface area contributed by atoms with Crippen LogP contribution >= 0.6 is 0 Å². The molecule has 0 aliphatic heterocycles. The third-order valence-electron chi connectivity index (χ3n) is 5.21. The van der Waals surface area contributed by atoms with E-state index in [0.717, 1.165) is 0 Å². The van der Waals surface area contributed by atoms with Gasteiger partial charge in [-0.05, 0) is 27.3 Å². The van der Waals surface area contributed by atoms with Crippen LogP contribution in [0, 0.1) is 6.42 Å². The van der Waals surface area contributed by atoms with Gasteiger partial charge in [0.1, 0.15) is 0 Å². The highest BCUT2D eigenvalue weighted by atomic mass is 28.3. The Hall–Kier alpha value is -1.34. The summed E-state index contributed by atoms with van der Waals surface area (Å²) in [7, 11) is -1.51. The molecule has 0 aromatic heterocycles. The van der Waals surface area contributed by atoms with E-state index in [1.807, 2.05) is 0 Å². The maximum absolute atomic E-state index is 2.50. The molecule has 2 aromatic rings. The first-order chi connectivity index (χ1) is 9.32. The Morgan fingerprint density at radius 2 is 1.45 bits per heavy atom. The van der Waals surface area contributed by atoms with Crippen LogP contribution in [0.25, 0.3) is 11.1 Å². The van der Waals surface area contributed by atoms with Gasteiger partial charge in [0.2, 0.25) is 0 Å². The summed E-state index contributed by atoms with van der Waals surface area (Å²) in [4.78, 5) is 0. The summed E-state index contributed by atoms with van der Waals surface area (Å²) in [6.45, 7) is 12.2. The van der Waals surface area contributed by atoms with Crippen molar-refractivity contribution in [2.75, 3.05) is 0 Å². The molecule has 0 amide bonds. The van der Waals surface area contributed by atoms with Gasteiger partial charge in [-0.25, -0.2) is 0 Å². The molecule has 20 heavy (non-hydrogen) atoms. The molecule has 0 heterocycles. The standard InChI is InChI=1S/C19H23Si/c1-19(2,3)20(4,5)18-12-8-11-16-15-10-7-6-9-14(15)13-17(16)18/h6-13H,1-5H3. The quantitative estimate of drug-likeness (QED) is 0.551. The maximum atomic E-state index is 2.50. The third kappa shape index (κ3) is 1.88.